The Morgan fingerprint density at radius 3 is 2.41 bits per heavy atom. The van der Waals surface area contributed by atoms with Crippen LogP contribution in [0.4, 0.5) is 0 Å². The second kappa shape index (κ2) is 4.49. The SMILES string of the molecule is CCn1c(C(N)(CC)CC)nc2ccccc21. The number of nitrogens with two attached hydrogens (primary N) is 1. The van der Waals surface area contributed by atoms with Crippen molar-refractivity contribution in [3.05, 3.63) is 30.1 Å². The minimum absolute atomic E-state index is 0.310. The van der Waals surface area contributed by atoms with Crippen molar-refractivity contribution in [1.29, 1.82) is 0 Å². The van der Waals surface area contributed by atoms with E-state index in [1.165, 1.54) is 5.52 Å². The smallest absolute Gasteiger partial charge is 0.130 e. The van der Waals surface area contributed by atoms with Crippen molar-refractivity contribution >= 4 is 11.0 Å². The third kappa shape index (κ3) is 1.84. The number of imidazole rings is 1. The lowest BCUT2D eigenvalue weighted by Crippen LogP contribution is -2.38. The fourth-order valence-corrected chi connectivity index (χ4v) is 2.34. The zero-order valence-electron chi connectivity index (χ0n) is 10.9. The van der Waals surface area contributed by atoms with E-state index in [1.54, 1.807) is 0 Å². The highest BCUT2D eigenvalue weighted by atomic mass is 15.1. The molecule has 1 aromatic heterocycles. The van der Waals surface area contributed by atoms with Gasteiger partial charge in [0.25, 0.3) is 0 Å². The number of nitrogens with zero attached hydrogens (tertiary/aromatic N) is 2. The summed E-state index contributed by atoms with van der Waals surface area (Å²) in [7, 11) is 0. The molecule has 0 bridgehead atoms. The maximum Gasteiger partial charge on any atom is 0.130 e. The monoisotopic (exact) mass is 231 g/mol. The third-order valence-electron chi connectivity index (χ3n) is 3.68. The second-order valence-corrected chi connectivity index (χ2v) is 4.53. The summed E-state index contributed by atoms with van der Waals surface area (Å²) in [4.78, 5) is 4.74. The zero-order valence-corrected chi connectivity index (χ0v) is 10.9. The van der Waals surface area contributed by atoms with E-state index >= 15 is 0 Å². The predicted molar refractivity (Wildman–Crippen MR) is 71.9 cm³/mol. The Morgan fingerprint density at radius 2 is 1.82 bits per heavy atom. The molecule has 0 saturated carbocycles. The van der Waals surface area contributed by atoms with Crippen molar-refractivity contribution in [3.8, 4) is 0 Å². The molecule has 0 atom stereocenters. The molecule has 1 aromatic carbocycles. The van der Waals surface area contributed by atoms with Gasteiger partial charge in [0.05, 0.1) is 16.6 Å². The van der Waals surface area contributed by atoms with Crippen LogP contribution in [0.15, 0.2) is 24.3 Å². The van der Waals surface area contributed by atoms with Gasteiger partial charge in [-0.2, -0.15) is 0 Å². The highest BCUT2D eigenvalue weighted by Gasteiger charge is 2.29. The van der Waals surface area contributed by atoms with Crippen LogP contribution >= 0.6 is 0 Å². The van der Waals surface area contributed by atoms with Crippen LogP contribution in [-0.2, 0) is 12.1 Å². The lowest BCUT2D eigenvalue weighted by Gasteiger charge is -2.26. The van der Waals surface area contributed by atoms with Gasteiger partial charge in [-0.3, -0.25) is 0 Å². The molecule has 0 unspecified atom stereocenters. The summed E-state index contributed by atoms with van der Waals surface area (Å²) >= 11 is 0. The van der Waals surface area contributed by atoms with Crippen LogP contribution < -0.4 is 5.73 Å². The van der Waals surface area contributed by atoms with E-state index in [0.717, 1.165) is 30.7 Å². The second-order valence-electron chi connectivity index (χ2n) is 4.53. The highest BCUT2D eigenvalue weighted by Crippen LogP contribution is 2.28. The molecule has 92 valence electrons. The van der Waals surface area contributed by atoms with Crippen molar-refractivity contribution in [3.63, 3.8) is 0 Å². The van der Waals surface area contributed by atoms with Gasteiger partial charge in [0.1, 0.15) is 5.82 Å². The molecule has 2 aromatic rings. The van der Waals surface area contributed by atoms with E-state index in [0.29, 0.717) is 0 Å². The molecule has 0 aliphatic rings. The fraction of sp³-hybridized carbons (Fsp3) is 0.500. The topological polar surface area (TPSA) is 43.8 Å². The third-order valence-corrected chi connectivity index (χ3v) is 3.68. The van der Waals surface area contributed by atoms with E-state index in [9.17, 15) is 0 Å². The van der Waals surface area contributed by atoms with Crippen molar-refractivity contribution in [1.82, 2.24) is 9.55 Å². The van der Waals surface area contributed by atoms with E-state index in [1.807, 2.05) is 6.07 Å². The first-order chi connectivity index (χ1) is 8.16. The van der Waals surface area contributed by atoms with Gasteiger partial charge in [-0.1, -0.05) is 26.0 Å². The summed E-state index contributed by atoms with van der Waals surface area (Å²) in [6, 6.07) is 8.24. The van der Waals surface area contributed by atoms with Crippen LogP contribution in [0.25, 0.3) is 11.0 Å². The predicted octanol–water partition coefficient (Wildman–Crippen LogP) is 3.03. The van der Waals surface area contributed by atoms with E-state index in [4.69, 9.17) is 10.7 Å². The van der Waals surface area contributed by atoms with Crippen molar-refractivity contribution < 1.29 is 0 Å². The van der Waals surface area contributed by atoms with Crippen molar-refractivity contribution in [2.75, 3.05) is 0 Å². The van der Waals surface area contributed by atoms with E-state index in [-0.39, 0.29) is 5.54 Å². The molecule has 0 fully saturated rings. The molecule has 2 rings (SSSR count). The van der Waals surface area contributed by atoms with Crippen LogP contribution in [0.2, 0.25) is 0 Å². The first kappa shape index (κ1) is 12.1. The van der Waals surface area contributed by atoms with E-state index in [2.05, 4.69) is 43.5 Å². The quantitative estimate of drug-likeness (QED) is 0.879. The largest absolute Gasteiger partial charge is 0.327 e. The standard InChI is InChI=1S/C14H21N3/c1-4-14(15,5-2)13-16-11-9-7-8-10-12(11)17(13)6-3/h7-10H,4-6,15H2,1-3H3. The lowest BCUT2D eigenvalue weighted by atomic mass is 9.93. The summed E-state index contributed by atoms with van der Waals surface area (Å²) in [5, 5.41) is 0. The normalized spacial score (nSPS) is 12.2. The molecular formula is C14H21N3. The number of para-hydroxylation sites is 2. The average Bonchev–Trinajstić information content (AvgIpc) is 2.76. The van der Waals surface area contributed by atoms with Crippen LogP contribution in [0.3, 0.4) is 0 Å². The van der Waals surface area contributed by atoms with Gasteiger partial charge in [0.15, 0.2) is 0 Å². The molecule has 17 heavy (non-hydrogen) atoms. The Kier molecular flexibility index (Phi) is 3.20. The number of hydrogen-bond donors (Lipinski definition) is 1. The lowest BCUT2D eigenvalue weighted by molar-refractivity contribution is 0.373. The summed E-state index contributed by atoms with van der Waals surface area (Å²) < 4.78 is 2.24. The van der Waals surface area contributed by atoms with Crippen molar-refractivity contribution in [2.45, 2.75) is 45.7 Å². The van der Waals surface area contributed by atoms with E-state index < -0.39 is 0 Å². The summed E-state index contributed by atoms with van der Waals surface area (Å²) in [5.74, 6) is 1.02. The molecule has 0 saturated heterocycles. The number of rotatable bonds is 4. The number of fused-ring (bicyclic) bond motifs is 1. The number of aryl methyl sites for hydroxylation is 1. The van der Waals surface area contributed by atoms with Gasteiger partial charge < -0.3 is 10.3 Å². The Labute approximate surface area is 103 Å². The molecular weight excluding hydrogens is 210 g/mol. The maximum absolute atomic E-state index is 6.47. The van der Waals surface area contributed by atoms with Crippen LogP contribution in [0.1, 0.15) is 39.4 Å². The Balaban J connectivity index is 2.68. The first-order valence-electron chi connectivity index (χ1n) is 6.41. The molecule has 0 aliphatic carbocycles. The Morgan fingerprint density at radius 1 is 1.18 bits per heavy atom. The number of hydrogen-bond acceptors (Lipinski definition) is 2. The molecule has 3 nitrogen and oxygen atoms in total. The van der Waals surface area contributed by atoms with Crippen LogP contribution in [0, 0.1) is 0 Å². The summed E-state index contributed by atoms with van der Waals surface area (Å²) in [6.07, 6.45) is 1.82. The summed E-state index contributed by atoms with van der Waals surface area (Å²) in [6.45, 7) is 7.31. The molecule has 2 N–H and O–H groups in total. The van der Waals surface area contributed by atoms with Crippen LogP contribution in [0.5, 0.6) is 0 Å². The average molecular weight is 231 g/mol. The minimum Gasteiger partial charge on any atom is -0.327 e. The maximum atomic E-state index is 6.47. The zero-order chi connectivity index (χ0) is 12.5. The molecule has 0 radical (unpaired) electrons. The molecule has 0 aliphatic heterocycles. The molecule has 0 amide bonds. The molecule has 0 spiro atoms. The first-order valence-corrected chi connectivity index (χ1v) is 6.41. The van der Waals surface area contributed by atoms with Crippen LogP contribution in [-0.4, -0.2) is 9.55 Å². The number of benzene rings is 1. The van der Waals surface area contributed by atoms with Crippen molar-refractivity contribution in [2.24, 2.45) is 5.73 Å². The number of aromatic nitrogens is 2. The Hall–Kier alpha value is -1.35. The van der Waals surface area contributed by atoms with Gasteiger partial charge in [0, 0.05) is 6.54 Å². The van der Waals surface area contributed by atoms with Gasteiger partial charge >= 0.3 is 0 Å². The van der Waals surface area contributed by atoms with Gasteiger partial charge in [0.2, 0.25) is 0 Å². The fourth-order valence-electron chi connectivity index (χ4n) is 2.34. The minimum atomic E-state index is -0.310. The Bertz CT molecular complexity index is 509. The van der Waals surface area contributed by atoms with Gasteiger partial charge in [-0.25, -0.2) is 4.98 Å². The summed E-state index contributed by atoms with van der Waals surface area (Å²) in [5.41, 5.74) is 8.39. The molecule has 1 heterocycles. The molecule has 3 heteroatoms. The van der Waals surface area contributed by atoms with Gasteiger partial charge in [-0.05, 0) is 31.9 Å². The van der Waals surface area contributed by atoms with Gasteiger partial charge in [-0.15, -0.1) is 0 Å². The highest BCUT2D eigenvalue weighted by molar-refractivity contribution is 5.76.